The molecule has 1 atom stereocenters. The second-order valence-corrected chi connectivity index (χ2v) is 9.95. The number of carbonyl (C=O) groups excluding carboxylic acids is 1. The molecule has 1 unspecified atom stereocenters. The summed E-state index contributed by atoms with van der Waals surface area (Å²) in [4.78, 5) is 17.2. The molecule has 0 aliphatic carbocycles. The van der Waals surface area contributed by atoms with Crippen molar-refractivity contribution in [2.75, 3.05) is 0 Å². The van der Waals surface area contributed by atoms with Gasteiger partial charge in [0.1, 0.15) is 5.54 Å². The zero-order valence-corrected chi connectivity index (χ0v) is 21.9. The number of tetrazole rings is 1. The first-order valence-corrected chi connectivity index (χ1v) is 12.6. The van der Waals surface area contributed by atoms with Crippen LogP contribution < -0.4 is 5.32 Å². The minimum Gasteiger partial charge on any atom is -0.337 e. The number of amides is 1. The van der Waals surface area contributed by atoms with E-state index in [1.807, 2.05) is 72.3 Å². The minimum absolute atomic E-state index is 0.211. The molecule has 3 aromatic carbocycles. The maximum Gasteiger partial charge on any atom is 0.218 e. The van der Waals surface area contributed by atoms with Gasteiger partial charge in [-0.15, -0.1) is 5.10 Å². The lowest BCUT2D eigenvalue weighted by atomic mass is 9.79. The molecule has 1 N–H and O–H groups in total. The summed E-state index contributed by atoms with van der Waals surface area (Å²) in [5.41, 5.74) is 4.49. The molecule has 6 rings (SSSR count). The smallest absolute Gasteiger partial charge is 0.218 e. The molecule has 0 radical (unpaired) electrons. The van der Waals surface area contributed by atoms with Gasteiger partial charge in [-0.3, -0.25) is 4.79 Å². The highest BCUT2D eigenvalue weighted by Crippen LogP contribution is 2.40. The van der Waals surface area contributed by atoms with E-state index in [0.717, 1.165) is 38.9 Å². The second kappa shape index (κ2) is 9.24. The van der Waals surface area contributed by atoms with Gasteiger partial charge in [0.15, 0.2) is 5.65 Å². The molecule has 8 nitrogen and oxygen atoms in total. The molecule has 6 aromatic rings. The Morgan fingerprint density at radius 2 is 1.71 bits per heavy atom. The van der Waals surface area contributed by atoms with E-state index in [9.17, 15) is 4.79 Å². The van der Waals surface area contributed by atoms with E-state index < -0.39 is 5.54 Å². The summed E-state index contributed by atoms with van der Waals surface area (Å²) < 4.78 is 3.58. The highest BCUT2D eigenvalue weighted by Gasteiger charge is 2.40. The number of halogens is 2. The van der Waals surface area contributed by atoms with Crippen molar-refractivity contribution in [3.8, 4) is 11.1 Å². The van der Waals surface area contributed by atoms with Crippen molar-refractivity contribution in [3.63, 3.8) is 0 Å². The van der Waals surface area contributed by atoms with Crippen molar-refractivity contribution in [1.29, 1.82) is 0 Å². The van der Waals surface area contributed by atoms with E-state index >= 15 is 0 Å². The number of nitrogens with one attached hydrogen (secondary N) is 1. The van der Waals surface area contributed by atoms with E-state index in [0.29, 0.717) is 15.7 Å². The zero-order chi connectivity index (χ0) is 26.4. The van der Waals surface area contributed by atoms with Gasteiger partial charge in [0.25, 0.3) is 0 Å². The van der Waals surface area contributed by atoms with Gasteiger partial charge in [-0.2, -0.15) is 4.52 Å². The van der Waals surface area contributed by atoms with Gasteiger partial charge in [0.05, 0.1) is 23.7 Å². The summed E-state index contributed by atoms with van der Waals surface area (Å²) in [7, 11) is 1.90. The second-order valence-electron chi connectivity index (χ2n) is 9.08. The number of rotatable bonds is 5. The summed E-state index contributed by atoms with van der Waals surface area (Å²) in [5.74, 6) is -0.211. The highest BCUT2D eigenvalue weighted by atomic mass is 35.5. The average Bonchev–Trinajstić information content (AvgIpc) is 3.55. The molecule has 3 heterocycles. The van der Waals surface area contributed by atoms with E-state index in [1.165, 1.54) is 6.92 Å². The van der Waals surface area contributed by atoms with Crippen LogP contribution in [0.25, 0.3) is 27.7 Å². The maximum atomic E-state index is 12.8. The Labute approximate surface area is 227 Å². The van der Waals surface area contributed by atoms with Crippen LogP contribution in [0, 0.1) is 0 Å². The molecular weight excluding hydrogens is 521 g/mol. The monoisotopic (exact) mass is 541 g/mol. The SMILES string of the molecule is CC(=O)NC(c1cccc(Cl)c1)(c1ccc2c(c1)c(-c1cccc(Cl)c1)cc1nnnn12)c1cncn1C. The van der Waals surface area contributed by atoms with Crippen LogP contribution in [0.4, 0.5) is 0 Å². The maximum absolute atomic E-state index is 12.8. The van der Waals surface area contributed by atoms with Crippen LogP contribution in [0.15, 0.2) is 85.3 Å². The Kier molecular flexibility index (Phi) is 5.86. The number of fused-ring (bicyclic) bond motifs is 3. The predicted octanol–water partition coefficient (Wildman–Crippen LogP) is 5.41. The standard InChI is InChI=1S/C28H21Cl2N7O/c1-17(38)32-28(26-15-31-16-36(26)2,19-6-4-8-22(30)12-19)20-9-10-25-24(13-20)23(14-27-33-34-35-37(25)27)18-5-3-7-21(29)11-18/h3-16H,1-2H3,(H,32,38). The summed E-state index contributed by atoms with van der Waals surface area (Å²) >= 11 is 12.8. The van der Waals surface area contributed by atoms with E-state index in [-0.39, 0.29) is 5.91 Å². The van der Waals surface area contributed by atoms with Crippen LogP contribution in [-0.2, 0) is 17.4 Å². The van der Waals surface area contributed by atoms with Crippen molar-refractivity contribution in [2.24, 2.45) is 7.05 Å². The molecular formula is C28H21Cl2N7O. The third-order valence-corrected chi connectivity index (χ3v) is 7.14. The Morgan fingerprint density at radius 3 is 2.42 bits per heavy atom. The Hall–Kier alpha value is -4.27. The third kappa shape index (κ3) is 3.89. The van der Waals surface area contributed by atoms with Crippen molar-refractivity contribution < 1.29 is 4.79 Å². The number of benzene rings is 3. The first kappa shape index (κ1) is 24.1. The van der Waals surface area contributed by atoms with Gasteiger partial charge in [-0.1, -0.05) is 53.5 Å². The molecule has 0 saturated carbocycles. The van der Waals surface area contributed by atoms with Crippen molar-refractivity contribution in [2.45, 2.75) is 12.5 Å². The fourth-order valence-electron chi connectivity index (χ4n) is 5.10. The molecule has 10 heteroatoms. The average molecular weight is 542 g/mol. The zero-order valence-electron chi connectivity index (χ0n) is 20.4. The number of hydrogen-bond acceptors (Lipinski definition) is 5. The number of aryl methyl sites for hydroxylation is 1. The lowest BCUT2D eigenvalue weighted by Crippen LogP contribution is -2.48. The molecule has 0 saturated heterocycles. The van der Waals surface area contributed by atoms with E-state index in [2.05, 4.69) is 31.9 Å². The summed E-state index contributed by atoms with van der Waals surface area (Å²) in [6, 6.07) is 23.0. The molecule has 0 aliphatic rings. The number of pyridine rings is 1. The number of imidazole rings is 1. The first-order chi connectivity index (χ1) is 18.4. The predicted molar refractivity (Wildman–Crippen MR) is 147 cm³/mol. The number of aromatic nitrogens is 6. The number of carbonyl (C=O) groups is 1. The largest absolute Gasteiger partial charge is 0.337 e. The fraction of sp³-hybridized carbons (Fsp3) is 0.107. The molecule has 38 heavy (non-hydrogen) atoms. The normalized spacial score (nSPS) is 13.1. The molecule has 0 bridgehead atoms. The van der Waals surface area contributed by atoms with Gasteiger partial charge in [-0.05, 0) is 75.1 Å². The lowest BCUT2D eigenvalue weighted by Gasteiger charge is -2.36. The van der Waals surface area contributed by atoms with Gasteiger partial charge in [-0.25, -0.2) is 4.98 Å². The Balaban J connectivity index is 1.73. The number of hydrogen-bond donors (Lipinski definition) is 1. The first-order valence-electron chi connectivity index (χ1n) is 11.8. The van der Waals surface area contributed by atoms with Gasteiger partial charge in [0, 0.05) is 29.4 Å². The van der Waals surface area contributed by atoms with Crippen molar-refractivity contribution >= 4 is 45.7 Å². The van der Waals surface area contributed by atoms with Gasteiger partial charge < -0.3 is 9.88 Å². The van der Waals surface area contributed by atoms with Crippen molar-refractivity contribution in [1.82, 2.24) is 34.9 Å². The summed E-state index contributed by atoms with van der Waals surface area (Å²) in [6.45, 7) is 1.50. The molecule has 3 aromatic heterocycles. The van der Waals surface area contributed by atoms with Gasteiger partial charge >= 0.3 is 0 Å². The molecule has 0 aliphatic heterocycles. The molecule has 0 spiro atoms. The Bertz CT molecular complexity index is 1840. The summed E-state index contributed by atoms with van der Waals surface area (Å²) in [5, 5.41) is 17.5. The lowest BCUT2D eigenvalue weighted by molar-refractivity contribution is -0.120. The van der Waals surface area contributed by atoms with Crippen LogP contribution in [0.5, 0.6) is 0 Å². The van der Waals surface area contributed by atoms with E-state index in [1.54, 1.807) is 23.1 Å². The fourth-order valence-corrected chi connectivity index (χ4v) is 5.48. The molecule has 0 fully saturated rings. The topological polar surface area (TPSA) is 90.0 Å². The van der Waals surface area contributed by atoms with Crippen LogP contribution in [0.2, 0.25) is 10.0 Å². The van der Waals surface area contributed by atoms with Gasteiger partial charge in [0.2, 0.25) is 5.91 Å². The van der Waals surface area contributed by atoms with E-state index in [4.69, 9.17) is 23.2 Å². The van der Waals surface area contributed by atoms with Crippen molar-refractivity contribution in [3.05, 3.63) is 112 Å². The highest BCUT2D eigenvalue weighted by molar-refractivity contribution is 6.31. The Morgan fingerprint density at radius 1 is 0.947 bits per heavy atom. The number of nitrogens with zero attached hydrogens (tertiary/aromatic N) is 6. The van der Waals surface area contributed by atoms with Crippen LogP contribution in [0.3, 0.4) is 0 Å². The summed E-state index contributed by atoms with van der Waals surface area (Å²) in [6.07, 6.45) is 3.46. The molecule has 1 amide bonds. The quantitative estimate of drug-likeness (QED) is 0.315. The van der Waals surface area contributed by atoms with Crippen LogP contribution in [-0.4, -0.2) is 35.5 Å². The van der Waals surface area contributed by atoms with Crippen LogP contribution >= 0.6 is 23.2 Å². The van der Waals surface area contributed by atoms with Crippen LogP contribution in [0.1, 0.15) is 23.7 Å². The third-order valence-electron chi connectivity index (χ3n) is 6.67. The minimum atomic E-state index is -1.10. The molecule has 188 valence electrons.